The summed E-state index contributed by atoms with van der Waals surface area (Å²) in [6.45, 7) is 6.91. The zero-order valence-corrected chi connectivity index (χ0v) is 20.9. The smallest absolute Gasteiger partial charge is 0.283 e. The Kier molecular flexibility index (Phi) is 9.05. The number of primary amides is 1. The van der Waals surface area contributed by atoms with Crippen molar-refractivity contribution in [2.75, 3.05) is 31.6 Å². The molecule has 8 nitrogen and oxygen atoms in total. The van der Waals surface area contributed by atoms with Crippen LogP contribution in [0.2, 0.25) is 0 Å². The van der Waals surface area contributed by atoms with Crippen LogP contribution in [0.15, 0.2) is 24.4 Å². The van der Waals surface area contributed by atoms with Gasteiger partial charge in [0.2, 0.25) is 6.41 Å². The lowest BCUT2D eigenvalue weighted by atomic mass is 10.2. The van der Waals surface area contributed by atoms with Gasteiger partial charge < -0.3 is 20.1 Å². The van der Waals surface area contributed by atoms with Crippen molar-refractivity contribution >= 4 is 51.8 Å². The van der Waals surface area contributed by atoms with Crippen LogP contribution in [0, 0.1) is 12.3 Å². The number of likely N-dealkylation sites (N-methyl/N-ethyl adjacent to an activating group) is 2. The molecule has 3 N–H and O–H groups in total. The second-order valence-corrected chi connectivity index (χ2v) is 9.37. The number of anilines is 1. The third-order valence-electron chi connectivity index (χ3n) is 5.91. The first kappa shape index (κ1) is 26.4. The number of carbonyl (C=O) groups excluding carboxylic acids is 1. The summed E-state index contributed by atoms with van der Waals surface area (Å²) in [6, 6.07) is 6.76. The van der Waals surface area contributed by atoms with Crippen LogP contribution in [0.1, 0.15) is 36.2 Å². The maximum Gasteiger partial charge on any atom is 0.283 e. The predicted molar refractivity (Wildman–Crippen MR) is 138 cm³/mol. The third kappa shape index (κ3) is 6.49. The lowest BCUT2D eigenvalue weighted by molar-refractivity contribution is -0.106. The topological polar surface area (TPSA) is 104 Å². The second-order valence-electron chi connectivity index (χ2n) is 8.31. The molecule has 0 aliphatic carbocycles. The molecular formula is C24H31F2N7OS. The highest BCUT2D eigenvalue weighted by atomic mass is 32.1. The molecule has 0 radical (unpaired) electrons. The highest BCUT2D eigenvalue weighted by molar-refractivity contribution is 7.19. The van der Waals surface area contributed by atoms with E-state index in [1.54, 1.807) is 30.7 Å². The molecule has 1 aliphatic heterocycles. The van der Waals surface area contributed by atoms with Crippen LogP contribution in [-0.2, 0) is 4.79 Å². The average molecular weight is 504 g/mol. The molecule has 0 bridgehead atoms. The quantitative estimate of drug-likeness (QED) is 0.356. The molecule has 35 heavy (non-hydrogen) atoms. The Bertz CT molecular complexity index is 1190. The average Bonchev–Trinajstić information content (AvgIpc) is 3.53. The van der Waals surface area contributed by atoms with E-state index < -0.39 is 12.1 Å². The number of imidazole rings is 1. The summed E-state index contributed by atoms with van der Waals surface area (Å²) >= 11 is 1.56. The van der Waals surface area contributed by atoms with Gasteiger partial charge in [-0.3, -0.25) is 10.2 Å². The summed E-state index contributed by atoms with van der Waals surface area (Å²) in [5.41, 5.74) is 3.98. The molecule has 1 amide bonds. The van der Waals surface area contributed by atoms with Gasteiger partial charge in [-0.05, 0) is 64.6 Å². The number of carbonyl (C=O) groups is 1. The van der Waals surface area contributed by atoms with Gasteiger partial charge in [0.1, 0.15) is 16.4 Å². The van der Waals surface area contributed by atoms with Crippen molar-refractivity contribution in [3.63, 3.8) is 0 Å². The van der Waals surface area contributed by atoms with Crippen LogP contribution in [-0.4, -0.2) is 70.7 Å². The van der Waals surface area contributed by atoms with Gasteiger partial charge in [0.25, 0.3) is 6.43 Å². The fraction of sp³-hybridized carbons (Fsp3) is 0.417. The van der Waals surface area contributed by atoms with Crippen LogP contribution in [0.25, 0.3) is 22.5 Å². The SMILES string of the molecule is CCN(CC1CCCN1C)c1ccc2cc(/C=C/n3cc(C)nc3C(=N)C(F)F)sc2n1.NC=O. The largest absolute Gasteiger partial charge is 0.372 e. The molecule has 3 aromatic heterocycles. The van der Waals surface area contributed by atoms with E-state index in [9.17, 15) is 8.78 Å². The number of nitrogens with two attached hydrogens (primary N) is 1. The lowest BCUT2D eigenvalue weighted by Crippen LogP contribution is -2.38. The molecule has 1 atom stereocenters. The van der Waals surface area contributed by atoms with Gasteiger partial charge in [0.05, 0.1) is 5.69 Å². The number of rotatable bonds is 8. The number of hydrogen-bond donors (Lipinski definition) is 2. The molecule has 1 unspecified atom stereocenters. The summed E-state index contributed by atoms with van der Waals surface area (Å²) in [4.78, 5) is 24.2. The molecule has 1 aliphatic rings. The van der Waals surface area contributed by atoms with Crippen molar-refractivity contribution in [3.8, 4) is 0 Å². The maximum atomic E-state index is 13.0. The zero-order valence-electron chi connectivity index (χ0n) is 20.1. The summed E-state index contributed by atoms with van der Waals surface area (Å²) in [7, 11) is 2.19. The minimum Gasteiger partial charge on any atom is -0.372 e. The summed E-state index contributed by atoms with van der Waals surface area (Å²) in [5.74, 6) is 0.946. The first-order valence-electron chi connectivity index (χ1n) is 11.4. The van der Waals surface area contributed by atoms with Crippen molar-refractivity contribution in [2.24, 2.45) is 5.73 Å². The Hall–Kier alpha value is -3.18. The van der Waals surface area contributed by atoms with E-state index in [0.29, 0.717) is 11.7 Å². The number of aryl methyl sites for hydroxylation is 1. The molecule has 1 fully saturated rings. The molecule has 0 aromatic carbocycles. The van der Waals surface area contributed by atoms with E-state index in [0.717, 1.165) is 40.5 Å². The van der Waals surface area contributed by atoms with Crippen LogP contribution in [0.5, 0.6) is 0 Å². The fourth-order valence-corrected chi connectivity index (χ4v) is 5.04. The van der Waals surface area contributed by atoms with Crippen LogP contribution < -0.4 is 10.6 Å². The van der Waals surface area contributed by atoms with Crippen molar-refractivity contribution in [1.82, 2.24) is 19.4 Å². The van der Waals surface area contributed by atoms with E-state index >= 15 is 0 Å². The number of nitrogens with zero attached hydrogens (tertiary/aromatic N) is 5. The Morgan fingerprint density at radius 1 is 1.40 bits per heavy atom. The Morgan fingerprint density at radius 2 is 2.14 bits per heavy atom. The highest BCUT2D eigenvalue weighted by Crippen LogP contribution is 2.28. The summed E-state index contributed by atoms with van der Waals surface area (Å²) in [5, 5.41) is 8.65. The summed E-state index contributed by atoms with van der Waals surface area (Å²) in [6.07, 6.45) is 5.03. The lowest BCUT2D eigenvalue weighted by Gasteiger charge is -2.28. The van der Waals surface area contributed by atoms with Gasteiger partial charge in [0, 0.05) is 41.8 Å². The van der Waals surface area contributed by atoms with Gasteiger partial charge in [-0.2, -0.15) is 0 Å². The molecule has 4 rings (SSSR count). The third-order valence-corrected chi connectivity index (χ3v) is 6.92. The van der Waals surface area contributed by atoms with Gasteiger partial charge in [0.15, 0.2) is 5.82 Å². The Labute approximate surface area is 207 Å². The number of pyridine rings is 1. The minimum atomic E-state index is -2.86. The molecule has 188 valence electrons. The van der Waals surface area contributed by atoms with E-state index in [-0.39, 0.29) is 12.2 Å². The molecule has 1 saturated heterocycles. The predicted octanol–water partition coefficient (Wildman–Crippen LogP) is 4.08. The maximum absolute atomic E-state index is 13.0. The highest BCUT2D eigenvalue weighted by Gasteiger charge is 2.23. The fourth-order valence-electron chi connectivity index (χ4n) is 4.12. The van der Waals surface area contributed by atoms with E-state index in [2.05, 4.69) is 46.6 Å². The standard InChI is InChI=1S/C23H28F2N6S.CH3NO/c1-4-30(14-17-6-5-10-29(17)3)19-8-7-16-12-18(32-23(16)28-19)9-11-31-13-15(2)27-22(31)20(26)21(24)25;2-1-3/h7-9,11-13,17,21,26H,4-6,10,14H2,1-3H3;1H,(H2,2,3)/b11-9+,26-20?;. The van der Waals surface area contributed by atoms with Gasteiger partial charge in [-0.25, -0.2) is 18.7 Å². The molecular weight excluding hydrogens is 472 g/mol. The van der Waals surface area contributed by atoms with Gasteiger partial charge >= 0.3 is 0 Å². The molecule has 0 spiro atoms. The first-order valence-corrected chi connectivity index (χ1v) is 12.2. The van der Waals surface area contributed by atoms with Crippen LogP contribution >= 0.6 is 11.3 Å². The van der Waals surface area contributed by atoms with E-state index in [1.807, 2.05) is 12.1 Å². The van der Waals surface area contributed by atoms with Gasteiger partial charge in [-0.1, -0.05) is 0 Å². The minimum absolute atomic E-state index is 0.0364. The number of hydrogen-bond acceptors (Lipinski definition) is 7. The first-order chi connectivity index (χ1) is 16.8. The normalized spacial score (nSPS) is 16.1. The molecule has 3 aromatic rings. The van der Waals surface area contributed by atoms with E-state index in [1.165, 1.54) is 17.4 Å². The molecule has 0 saturated carbocycles. The molecule has 11 heteroatoms. The van der Waals surface area contributed by atoms with Crippen LogP contribution in [0.3, 0.4) is 0 Å². The van der Waals surface area contributed by atoms with Crippen LogP contribution in [0.4, 0.5) is 14.6 Å². The number of fused-ring (bicyclic) bond motifs is 1. The van der Waals surface area contributed by atoms with Crippen molar-refractivity contribution in [3.05, 3.63) is 40.8 Å². The summed E-state index contributed by atoms with van der Waals surface area (Å²) < 4.78 is 27.4. The number of halogens is 2. The second kappa shape index (κ2) is 12.0. The number of amides is 1. The number of nitrogens with one attached hydrogen (secondary N) is 1. The zero-order chi connectivity index (χ0) is 25.5. The van der Waals surface area contributed by atoms with Gasteiger partial charge in [-0.15, -0.1) is 11.3 Å². The number of likely N-dealkylation sites (tertiary alicyclic amines) is 1. The number of alkyl halides is 2. The van der Waals surface area contributed by atoms with Crippen molar-refractivity contribution in [1.29, 1.82) is 5.41 Å². The Balaban J connectivity index is 0.00000108. The van der Waals surface area contributed by atoms with Crippen molar-refractivity contribution in [2.45, 2.75) is 39.2 Å². The van der Waals surface area contributed by atoms with E-state index in [4.69, 9.17) is 15.2 Å². The number of aromatic nitrogens is 3. The molecule has 4 heterocycles. The Morgan fingerprint density at radius 3 is 2.77 bits per heavy atom. The van der Waals surface area contributed by atoms with Crippen molar-refractivity contribution < 1.29 is 13.6 Å². The monoisotopic (exact) mass is 503 g/mol. The number of thiophene rings is 1.